The smallest absolute Gasteiger partial charge is 0.233 e. The number of aromatic nitrogens is 2. The van der Waals surface area contributed by atoms with Crippen LogP contribution in [-0.2, 0) is 17.8 Å². The molecule has 1 aliphatic heterocycles. The molecule has 3 aromatic carbocycles. The number of nitrogens with zero attached hydrogens (tertiary/aromatic N) is 3. The van der Waals surface area contributed by atoms with Crippen molar-refractivity contribution in [3.8, 4) is 22.5 Å². The van der Waals surface area contributed by atoms with Gasteiger partial charge in [0.25, 0.3) is 0 Å². The van der Waals surface area contributed by atoms with E-state index in [-0.39, 0.29) is 5.91 Å². The molecule has 1 aliphatic rings. The second-order valence-electron chi connectivity index (χ2n) is 9.53. The molecule has 4 nitrogen and oxygen atoms in total. The average Bonchev–Trinajstić information content (AvgIpc) is 3.32. The van der Waals surface area contributed by atoms with Gasteiger partial charge in [-0.05, 0) is 30.7 Å². The Morgan fingerprint density at radius 1 is 0.892 bits per heavy atom. The van der Waals surface area contributed by atoms with E-state index in [1.807, 2.05) is 47.4 Å². The summed E-state index contributed by atoms with van der Waals surface area (Å²) in [6.07, 6.45) is 5.12. The predicted octanol–water partition coefficient (Wildman–Crippen LogP) is 6.98. The largest absolute Gasteiger partial charge is 0.342 e. The highest BCUT2D eigenvalue weighted by molar-refractivity contribution is 7.99. The van der Waals surface area contributed by atoms with Gasteiger partial charge in [-0.15, -0.1) is 6.58 Å². The lowest BCUT2D eigenvalue weighted by Gasteiger charge is -2.32. The molecule has 37 heavy (non-hydrogen) atoms. The van der Waals surface area contributed by atoms with Crippen LogP contribution in [0, 0.1) is 5.92 Å². The number of hydrogen-bond donors (Lipinski definition) is 0. The van der Waals surface area contributed by atoms with Gasteiger partial charge in [-0.3, -0.25) is 4.79 Å². The average molecular weight is 508 g/mol. The quantitative estimate of drug-likeness (QED) is 0.181. The first-order valence-electron chi connectivity index (χ1n) is 13.0. The molecule has 0 spiro atoms. The van der Waals surface area contributed by atoms with Gasteiger partial charge in [-0.2, -0.15) is 0 Å². The summed E-state index contributed by atoms with van der Waals surface area (Å²) in [5, 5.41) is 0.852. The number of likely N-dealkylation sites (tertiary alicyclic amines) is 1. The molecule has 0 bridgehead atoms. The second-order valence-corrected chi connectivity index (χ2v) is 10.5. The number of allylic oxidation sites excluding steroid dienone is 1. The van der Waals surface area contributed by atoms with Crippen molar-refractivity contribution >= 4 is 17.7 Å². The van der Waals surface area contributed by atoms with Crippen molar-refractivity contribution in [1.29, 1.82) is 0 Å². The van der Waals surface area contributed by atoms with E-state index in [0.29, 0.717) is 18.2 Å². The van der Waals surface area contributed by atoms with E-state index >= 15 is 0 Å². The fourth-order valence-electron chi connectivity index (χ4n) is 5.08. The van der Waals surface area contributed by atoms with E-state index in [2.05, 4.69) is 65.7 Å². The Morgan fingerprint density at radius 3 is 2.11 bits per heavy atom. The van der Waals surface area contributed by atoms with Crippen molar-refractivity contribution in [1.82, 2.24) is 14.5 Å². The minimum atomic E-state index is 0.193. The Bertz CT molecular complexity index is 1310. The number of carbonyl (C=O) groups is 1. The lowest BCUT2D eigenvalue weighted by molar-refractivity contribution is -0.129. The van der Waals surface area contributed by atoms with E-state index in [1.165, 1.54) is 17.3 Å². The van der Waals surface area contributed by atoms with Crippen LogP contribution < -0.4 is 0 Å². The molecule has 0 unspecified atom stereocenters. The minimum Gasteiger partial charge on any atom is -0.342 e. The molecule has 5 heteroatoms. The van der Waals surface area contributed by atoms with Gasteiger partial charge in [0.15, 0.2) is 5.16 Å². The lowest BCUT2D eigenvalue weighted by Crippen LogP contribution is -2.39. The highest BCUT2D eigenvalue weighted by Gasteiger charge is 2.25. The normalized spacial score (nSPS) is 14.0. The van der Waals surface area contributed by atoms with E-state index in [1.54, 1.807) is 0 Å². The number of benzene rings is 3. The standard InChI is InChI=1S/C32H33N3OS/c1-2-20-35-31(28-16-10-5-11-17-28)30(27-14-8-4-9-15-27)33-32(35)37-24-29(36)34-21-18-26(19-22-34)23-25-12-6-3-7-13-25/h2-17,26H,1,18-24H2. The maximum absolute atomic E-state index is 13.2. The maximum atomic E-state index is 13.2. The first-order chi connectivity index (χ1) is 18.2. The monoisotopic (exact) mass is 507 g/mol. The molecule has 2 heterocycles. The molecule has 188 valence electrons. The number of rotatable bonds is 9. The predicted molar refractivity (Wildman–Crippen MR) is 153 cm³/mol. The highest BCUT2D eigenvalue weighted by Crippen LogP contribution is 2.36. The first kappa shape index (κ1) is 25.1. The number of amides is 1. The van der Waals surface area contributed by atoms with E-state index in [4.69, 9.17) is 4.98 Å². The minimum absolute atomic E-state index is 0.193. The van der Waals surface area contributed by atoms with Crippen LogP contribution in [-0.4, -0.2) is 39.2 Å². The number of piperidine rings is 1. The van der Waals surface area contributed by atoms with Gasteiger partial charge in [0.2, 0.25) is 5.91 Å². The molecule has 0 radical (unpaired) electrons. The number of imidazole rings is 1. The summed E-state index contributed by atoms with van der Waals surface area (Å²) in [4.78, 5) is 20.3. The van der Waals surface area contributed by atoms with Crippen LogP contribution in [0.3, 0.4) is 0 Å². The molecule has 0 aliphatic carbocycles. The van der Waals surface area contributed by atoms with Crippen LogP contribution in [0.25, 0.3) is 22.5 Å². The van der Waals surface area contributed by atoms with Crippen LogP contribution in [0.5, 0.6) is 0 Å². The molecule has 1 fully saturated rings. The summed E-state index contributed by atoms with van der Waals surface area (Å²) < 4.78 is 2.19. The molecule has 0 N–H and O–H groups in total. The molecular weight excluding hydrogens is 474 g/mol. The van der Waals surface area contributed by atoms with E-state index in [0.717, 1.165) is 60.0 Å². The Kier molecular flexibility index (Phi) is 8.21. The van der Waals surface area contributed by atoms with Gasteiger partial charge >= 0.3 is 0 Å². The van der Waals surface area contributed by atoms with E-state index < -0.39 is 0 Å². The summed E-state index contributed by atoms with van der Waals surface area (Å²) in [6, 6.07) is 31.3. The molecule has 0 atom stereocenters. The highest BCUT2D eigenvalue weighted by atomic mass is 32.2. The topological polar surface area (TPSA) is 38.1 Å². The molecule has 1 saturated heterocycles. The SMILES string of the molecule is C=CCn1c(SCC(=O)N2CCC(Cc3ccccc3)CC2)nc(-c2ccccc2)c1-c1ccccc1. The lowest BCUT2D eigenvalue weighted by atomic mass is 9.90. The summed E-state index contributed by atoms with van der Waals surface area (Å²) >= 11 is 1.53. The number of thioether (sulfide) groups is 1. The van der Waals surface area contributed by atoms with Crippen molar-refractivity contribution in [3.63, 3.8) is 0 Å². The Hall–Kier alpha value is -3.57. The molecule has 1 amide bonds. The zero-order valence-corrected chi connectivity index (χ0v) is 21.9. The van der Waals surface area contributed by atoms with Gasteiger partial charge in [-0.1, -0.05) is 109 Å². The molecule has 1 aromatic heterocycles. The van der Waals surface area contributed by atoms with Crippen molar-refractivity contribution < 1.29 is 4.79 Å². The van der Waals surface area contributed by atoms with Gasteiger partial charge in [0.05, 0.1) is 17.1 Å². The molecule has 4 aromatic rings. The Balaban J connectivity index is 1.30. The van der Waals surface area contributed by atoms with Crippen LogP contribution in [0.1, 0.15) is 18.4 Å². The fraction of sp³-hybridized carbons (Fsp3) is 0.250. The Morgan fingerprint density at radius 2 is 1.49 bits per heavy atom. The van der Waals surface area contributed by atoms with E-state index in [9.17, 15) is 4.79 Å². The van der Waals surface area contributed by atoms with Crippen molar-refractivity contribution in [2.45, 2.75) is 31.0 Å². The second kappa shape index (κ2) is 12.1. The molecule has 5 rings (SSSR count). The van der Waals surface area contributed by atoms with Crippen LogP contribution in [0.15, 0.2) is 109 Å². The summed E-state index contributed by atoms with van der Waals surface area (Å²) in [6.45, 7) is 6.29. The van der Waals surface area contributed by atoms with Crippen molar-refractivity contribution in [2.24, 2.45) is 5.92 Å². The Labute approximate surface area is 224 Å². The number of hydrogen-bond acceptors (Lipinski definition) is 3. The number of carbonyl (C=O) groups excluding carboxylic acids is 1. The molecular formula is C32H33N3OS. The third-order valence-corrected chi connectivity index (χ3v) is 7.96. The zero-order chi connectivity index (χ0) is 25.5. The van der Waals surface area contributed by atoms with Crippen LogP contribution >= 0.6 is 11.8 Å². The van der Waals surface area contributed by atoms with Crippen molar-refractivity contribution in [3.05, 3.63) is 109 Å². The summed E-state index contributed by atoms with van der Waals surface area (Å²) in [7, 11) is 0. The third-order valence-electron chi connectivity index (χ3n) is 7.00. The summed E-state index contributed by atoms with van der Waals surface area (Å²) in [5.41, 5.74) is 5.56. The van der Waals surface area contributed by atoms with Crippen LogP contribution in [0.2, 0.25) is 0 Å². The van der Waals surface area contributed by atoms with Gasteiger partial charge in [0.1, 0.15) is 0 Å². The molecule has 0 saturated carbocycles. The van der Waals surface area contributed by atoms with Crippen LogP contribution in [0.4, 0.5) is 0 Å². The first-order valence-corrected chi connectivity index (χ1v) is 14.0. The van der Waals surface area contributed by atoms with Crippen molar-refractivity contribution in [2.75, 3.05) is 18.8 Å². The zero-order valence-electron chi connectivity index (χ0n) is 21.1. The van der Waals surface area contributed by atoms with Gasteiger partial charge < -0.3 is 9.47 Å². The van der Waals surface area contributed by atoms with Gasteiger partial charge in [-0.25, -0.2) is 4.98 Å². The third kappa shape index (κ3) is 6.05. The summed E-state index contributed by atoms with van der Waals surface area (Å²) in [5.74, 6) is 1.23. The van der Waals surface area contributed by atoms with Gasteiger partial charge in [0, 0.05) is 30.8 Å². The maximum Gasteiger partial charge on any atom is 0.233 e. The fourth-order valence-corrected chi connectivity index (χ4v) is 5.99.